The molecule has 0 aliphatic heterocycles. The fourth-order valence-electron chi connectivity index (χ4n) is 3.89. The van der Waals surface area contributed by atoms with Crippen molar-refractivity contribution in [3.8, 4) is 22.4 Å². The number of hydrogen-bond donors (Lipinski definition) is 0. The molecule has 0 spiro atoms. The molecule has 0 atom stereocenters. The lowest BCUT2D eigenvalue weighted by atomic mass is 9.98. The minimum absolute atomic E-state index is 0.0732. The van der Waals surface area contributed by atoms with Crippen molar-refractivity contribution < 1.29 is 21.6 Å². The van der Waals surface area contributed by atoms with Crippen molar-refractivity contribution in [2.45, 2.75) is 29.8 Å². The van der Waals surface area contributed by atoms with Crippen LogP contribution in [0.2, 0.25) is 0 Å². The third-order valence-electron chi connectivity index (χ3n) is 5.72. The Hall–Kier alpha value is -3.26. The highest BCUT2D eigenvalue weighted by Crippen LogP contribution is 2.42. The molecular formula is C25H19F3N2O2S. The van der Waals surface area contributed by atoms with Crippen LogP contribution < -0.4 is 0 Å². The molecule has 0 bridgehead atoms. The first kappa shape index (κ1) is 21.6. The van der Waals surface area contributed by atoms with E-state index in [0.717, 1.165) is 30.7 Å². The van der Waals surface area contributed by atoms with Crippen LogP contribution in [0, 0.1) is 0 Å². The van der Waals surface area contributed by atoms with Crippen LogP contribution in [0.1, 0.15) is 30.1 Å². The van der Waals surface area contributed by atoms with E-state index >= 15 is 0 Å². The summed E-state index contributed by atoms with van der Waals surface area (Å²) in [6.45, 7) is 0. The SMILES string of the molecule is CS(=O)(=O)c1cccc(-c2cccc(-c3nc(C4CC4)nc4c(C(F)(F)F)cccc34)c2)c1. The number of hydrogen-bond acceptors (Lipinski definition) is 4. The molecule has 0 amide bonds. The van der Waals surface area contributed by atoms with Gasteiger partial charge in [0.2, 0.25) is 0 Å². The minimum atomic E-state index is -4.53. The molecule has 1 aromatic heterocycles. The van der Waals surface area contributed by atoms with Gasteiger partial charge in [-0.05, 0) is 48.2 Å². The largest absolute Gasteiger partial charge is 0.418 e. The summed E-state index contributed by atoms with van der Waals surface area (Å²) in [5.41, 5.74) is 1.64. The van der Waals surface area contributed by atoms with Gasteiger partial charge in [0.05, 0.1) is 21.7 Å². The smallest absolute Gasteiger partial charge is 0.232 e. The molecule has 33 heavy (non-hydrogen) atoms. The third-order valence-corrected chi connectivity index (χ3v) is 6.83. The fourth-order valence-corrected chi connectivity index (χ4v) is 4.56. The van der Waals surface area contributed by atoms with E-state index in [1.807, 2.05) is 12.1 Å². The maximum atomic E-state index is 13.7. The summed E-state index contributed by atoms with van der Waals surface area (Å²) in [5.74, 6) is 0.503. The Bertz CT molecular complexity index is 1490. The van der Waals surface area contributed by atoms with Crippen molar-refractivity contribution >= 4 is 20.7 Å². The van der Waals surface area contributed by atoms with E-state index in [1.165, 1.54) is 12.1 Å². The monoisotopic (exact) mass is 468 g/mol. The summed E-state index contributed by atoms with van der Waals surface area (Å²) < 4.78 is 65.1. The number of rotatable bonds is 4. The Balaban J connectivity index is 1.71. The normalized spacial score (nSPS) is 14.5. The Labute approximate surface area is 189 Å². The van der Waals surface area contributed by atoms with Gasteiger partial charge in [0.25, 0.3) is 0 Å². The molecule has 4 aromatic rings. The molecule has 0 radical (unpaired) electrons. The molecular weight excluding hydrogens is 449 g/mol. The highest BCUT2D eigenvalue weighted by molar-refractivity contribution is 7.90. The summed E-state index contributed by atoms with van der Waals surface area (Å²) in [4.78, 5) is 9.18. The first-order valence-corrected chi connectivity index (χ1v) is 12.3. The number of halogens is 3. The van der Waals surface area contributed by atoms with Crippen LogP contribution in [0.4, 0.5) is 13.2 Å². The van der Waals surface area contributed by atoms with Crippen molar-refractivity contribution in [1.82, 2.24) is 9.97 Å². The van der Waals surface area contributed by atoms with Gasteiger partial charge < -0.3 is 0 Å². The van der Waals surface area contributed by atoms with Crippen molar-refractivity contribution in [3.05, 3.63) is 78.1 Å². The number of para-hydroxylation sites is 1. The molecule has 5 rings (SSSR count). The first-order chi connectivity index (χ1) is 15.6. The van der Waals surface area contributed by atoms with E-state index in [1.54, 1.807) is 36.4 Å². The molecule has 1 aliphatic carbocycles. The number of alkyl halides is 3. The fraction of sp³-hybridized carbons (Fsp3) is 0.200. The maximum absolute atomic E-state index is 13.7. The average molecular weight is 469 g/mol. The third kappa shape index (κ3) is 4.23. The van der Waals surface area contributed by atoms with Gasteiger partial charge in [-0.25, -0.2) is 18.4 Å². The van der Waals surface area contributed by atoms with Crippen LogP contribution in [-0.4, -0.2) is 24.6 Å². The van der Waals surface area contributed by atoms with E-state index in [4.69, 9.17) is 0 Å². The topological polar surface area (TPSA) is 59.9 Å². The van der Waals surface area contributed by atoms with Gasteiger partial charge in [-0.2, -0.15) is 13.2 Å². The van der Waals surface area contributed by atoms with E-state index in [2.05, 4.69) is 9.97 Å². The van der Waals surface area contributed by atoms with Crippen LogP contribution >= 0.6 is 0 Å². The summed E-state index contributed by atoms with van der Waals surface area (Å²) in [6, 6.07) is 17.8. The predicted molar refractivity (Wildman–Crippen MR) is 120 cm³/mol. The zero-order chi connectivity index (χ0) is 23.4. The van der Waals surface area contributed by atoms with Gasteiger partial charge in [0.1, 0.15) is 5.82 Å². The Kier molecular flexibility index (Phi) is 5.01. The number of fused-ring (bicyclic) bond motifs is 1. The van der Waals surface area contributed by atoms with Crippen LogP contribution in [-0.2, 0) is 16.0 Å². The Morgan fingerprint density at radius 1 is 0.848 bits per heavy atom. The van der Waals surface area contributed by atoms with Crippen molar-refractivity contribution in [3.63, 3.8) is 0 Å². The predicted octanol–water partition coefficient (Wildman–Crippen LogP) is 6.26. The van der Waals surface area contributed by atoms with Crippen molar-refractivity contribution in [2.24, 2.45) is 0 Å². The van der Waals surface area contributed by atoms with E-state index in [-0.39, 0.29) is 16.3 Å². The van der Waals surface area contributed by atoms with Gasteiger partial charge >= 0.3 is 6.18 Å². The first-order valence-electron chi connectivity index (χ1n) is 10.4. The standard InChI is InChI=1S/C25H19F3N2O2S/c1-33(31,32)19-8-3-6-17(14-19)16-5-2-7-18(13-16)22-20-9-4-10-21(25(26,27)28)23(20)30-24(29-22)15-11-12-15/h2-10,13-15H,11-12H2,1H3. The molecule has 1 aliphatic rings. The summed E-state index contributed by atoms with van der Waals surface area (Å²) in [7, 11) is -3.38. The Morgan fingerprint density at radius 2 is 1.48 bits per heavy atom. The molecule has 1 saturated carbocycles. The quantitative estimate of drug-likeness (QED) is 0.355. The Morgan fingerprint density at radius 3 is 2.15 bits per heavy atom. The maximum Gasteiger partial charge on any atom is 0.418 e. The molecule has 1 heterocycles. The van der Waals surface area contributed by atoms with Crippen molar-refractivity contribution in [2.75, 3.05) is 6.26 Å². The lowest BCUT2D eigenvalue weighted by Crippen LogP contribution is -2.08. The second-order valence-electron chi connectivity index (χ2n) is 8.28. The second kappa shape index (κ2) is 7.66. The van der Waals surface area contributed by atoms with Crippen molar-refractivity contribution in [1.29, 1.82) is 0 Å². The summed E-state index contributed by atoms with van der Waals surface area (Å²) in [6.07, 6.45) is -1.66. The molecule has 0 unspecified atom stereocenters. The molecule has 4 nitrogen and oxygen atoms in total. The van der Waals surface area contributed by atoms with Crippen LogP contribution in [0.3, 0.4) is 0 Å². The van der Waals surface area contributed by atoms with Gasteiger partial charge in [-0.15, -0.1) is 0 Å². The van der Waals surface area contributed by atoms with Gasteiger partial charge in [0, 0.05) is 23.1 Å². The molecule has 8 heteroatoms. The zero-order valence-electron chi connectivity index (χ0n) is 17.6. The molecule has 0 N–H and O–H groups in total. The van der Waals surface area contributed by atoms with E-state index in [0.29, 0.717) is 28.0 Å². The minimum Gasteiger partial charge on any atom is -0.232 e. The van der Waals surface area contributed by atoms with E-state index in [9.17, 15) is 21.6 Å². The average Bonchev–Trinajstić information content (AvgIpc) is 3.62. The van der Waals surface area contributed by atoms with Crippen LogP contribution in [0.25, 0.3) is 33.3 Å². The number of benzene rings is 3. The summed E-state index contributed by atoms with van der Waals surface area (Å²) >= 11 is 0. The highest BCUT2D eigenvalue weighted by atomic mass is 32.2. The molecule has 168 valence electrons. The van der Waals surface area contributed by atoms with E-state index < -0.39 is 21.6 Å². The highest BCUT2D eigenvalue weighted by Gasteiger charge is 2.35. The van der Waals surface area contributed by atoms with Gasteiger partial charge in [-0.3, -0.25) is 0 Å². The zero-order valence-corrected chi connectivity index (χ0v) is 18.4. The van der Waals surface area contributed by atoms with Crippen LogP contribution in [0.15, 0.2) is 71.6 Å². The molecule has 1 fully saturated rings. The number of aromatic nitrogens is 2. The number of nitrogens with zero attached hydrogens (tertiary/aromatic N) is 2. The van der Waals surface area contributed by atoms with Crippen LogP contribution in [0.5, 0.6) is 0 Å². The summed E-state index contributed by atoms with van der Waals surface area (Å²) in [5, 5.41) is 0.330. The van der Waals surface area contributed by atoms with Gasteiger partial charge in [0.15, 0.2) is 9.84 Å². The van der Waals surface area contributed by atoms with Gasteiger partial charge in [-0.1, -0.05) is 42.5 Å². The second-order valence-corrected chi connectivity index (χ2v) is 10.3. The lowest BCUT2D eigenvalue weighted by Gasteiger charge is -2.14. The molecule has 0 saturated heterocycles. The number of sulfone groups is 1. The lowest BCUT2D eigenvalue weighted by molar-refractivity contribution is -0.136. The molecule has 3 aromatic carbocycles.